The van der Waals surface area contributed by atoms with E-state index in [4.69, 9.17) is 0 Å². The van der Waals surface area contributed by atoms with Crippen molar-refractivity contribution >= 4 is 5.91 Å². The third-order valence-corrected chi connectivity index (χ3v) is 4.11. The minimum Gasteiger partial charge on any atom is -0.329 e. The first-order valence-electron chi connectivity index (χ1n) is 7.50. The molecule has 0 spiro atoms. The molecule has 1 atom stereocenters. The van der Waals surface area contributed by atoms with Crippen LogP contribution >= 0.6 is 0 Å². The van der Waals surface area contributed by atoms with Gasteiger partial charge < -0.3 is 4.90 Å². The van der Waals surface area contributed by atoms with Crippen LogP contribution in [0.5, 0.6) is 0 Å². The van der Waals surface area contributed by atoms with Gasteiger partial charge in [0.05, 0.1) is 6.54 Å². The fraction of sp³-hybridized carbons (Fsp3) is 0.250. The first-order chi connectivity index (χ1) is 11.2. The average Bonchev–Trinajstić information content (AvgIpc) is 3.22. The van der Waals surface area contributed by atoms with Crippen molar-refractivity contribution in [1.82, 2.24) is 29.9 Å². The third kappa shape index (κ3) is 2.30. The van der Waals surface area contributed by atoms with E-state index in [0.29, 0.717) is 18.9 Å². The summed E-state index contributed by atoms with van der Waals surface area (Å²) >= 11 is 0. The average molecular weight is 308 g/mol. The van der Waals surface area contributed by atoms with E-state index in [0.717, 1.165) is 17.1 Å². The van der Waals surface area contributed by atoms with Crippen LogP contribution in [0, 0.1) is 0 Å². The second-order valence-corrected chi connectivity index (χ2v) is 5.64. The van der Waals surface area contributed by atoms with Crippen LogP contribution in [0.15, 0.2) is 42.6 Å². The van der Waals surface area contributed by atoms with Gasteiger partial charge in [0.2, 0.25) is 5.91 Å². The smallest absolute Gasteiger partial charge is 0.246 e. The topological polar surface area (TPSA) is 79.7 Å². The van der Waals surface area contributed by atoms with Gasteiger partial charge in [0.25, 0.3) is 0 Å². The number of nitrogens with zero attached hydrogens (tertiary/aromatic N) is 5. The molecule has 116 valence electrons. The van der Waals surface area contributed by atoms with Crippen molar-refractivity contribution in [2.75, 3.05) is 0 Å². The summed E-state index contributed by atoms with van der Waals surface area (Å²) in [5.74, 6) is 1.51. The van der Waals surface area contributed by atoms with Crippen molar-refractivity contribution in [1.29, 1.82) is 0 Å². The predicted octanol–water partition coefficient (Wildman–Crippen LogP) is 1.77. The maximum atomic E-state index is 12.7. The summed E-state index contributed by atoms with van der Waals surface area (Å²) in [6.07, 6.45) is 1.66. The summed E-state index contributed by atoms with van der Waals surface area (Å²) in [6.45, 7) is 2.92. The monoisotopic (exact) mass is 308 g/mol. The lowest BCUT2D eigenvalue weighted by molar-refractivity contribution is -0.137. The number of amides is 1. The number of H-pyrrole nitrogens is 1. The summed E-state index contributed by atoms with van der Waals surface area (Å²) in [6, 6.07) is 11.5. The van der Waals surface area contributed by atoms with Crippen LogP contribution in [0.4, 0.5) is 0 Å². The summed E-state index contributed by atoms with van der Waals surface area (Å²) < 4.78 is 1.89. The number of hydrogen-bond donors (Lipinski definition) is 1. The van der Waals surface area contributed by atoms with Crippen LogP contribution in [-0.2, 0) is 17.9 Å². The van der Waals surface area contributed by atoms with E-state index in [-0.39, 0.29) is 11.9 Å². The number of carbonyl (C=O) groups is 1. The summed E-state index contributed by atoms with van der Waals surface area (Å²) in [5, 5.41) is 15.3. The largest absolute Gasteiger partial charge is 0.329 e. The molecule has 0 bridgehead atoms. The SMILES string of the molecule is C[C@@H]1C(=O)N(Cc2ccccc2)Cc2nnc(-c3ccn[nH]3)n21. The molecule has 1 aliphatic heterocycles. The molecular formula is C16H16N6O. The van der Waals surface area contributed by atoms with E-state index in [1.165, 1.54) is 0 Å². The van der Waals surface area contributed by atoms with Gasteiger partial charge in [-0.2, -0.15) is 5.10 Å². The van der Waals surface area contributed by atoms with Crippen LogP contribution in [0.2, 0.25) is 0 Å². The van der Waals surface area contributed by atoms with Gasteiger partial charge in [0.15, 0.2) is 11.6 Å². The number of hydrogen-bond acceptors (Lipinski definition) is 4. The zero-order valence-corrected chi connectivity index (χ0v) is 12.7. The van der Waals surface area contributed by atoms with Crippen LogP contribution in [0.1, 0.15) is 24.4 Å². The lowest BCUT2D eigenvalue weighted by Crippen LogP contribution is -2.41. The number of benzene rings is 1. The molecule has 1 aliphatic rings. The molecule has 0 fully saturated rings. The van der Waals surface area contributed by atoms with Crippen molar-refractivity contribution in [3.8, 4) is 11.5 Å². The maximum absolute atomic E-state index is 12.7. The number of rotatable bonds is 3. The summed E-state index contributed by atoms with van der Waals surface area (Å²) in [4.78, 5) is 14.6. The van der Waals surface area contributed by atoms with Crippen LogP contribution in [0.3, 0.4) is 0 Å². The second-order valence-electron chi connectivity index (χ2n) is 5.64. The maximum Gasteiger partial charge on any atom is 0.246 e. The fourth-order valence-corrected chi connectivity index (χ4v) is 2.96. The number of fused-ring (bicyclic) bond motifs is 1. The lowest BCUT2D eigenvalue weighted by atomic mass is 10.1. The lowest BCUT2D eigenvalue weighted by Gasteiger charge is -2.32. The molecule has 1 N–H and O–H groups in total. The van der Waals surface area contributed by atoms with Gasteiger partial charge in [-0.05, 0) is 18.6 Å². The van der Waals surface area contributed by atoms with Gasteiger partial charge in [-0.1, -0.05) is 30.3 Å². The van der Waals surface area contributed by atoms with Crippen molar-refractivity contribution < 1.29 is 4.79 Å². The zero-order chi connectivity index (χ0) is 15.8. The molecule has 4 rings (SSSR count). The van der Waals surface area contributed by atoms with E-state index in [9.17, 15) is 4.79 Å². The van der Waals surface area contributed by atoms with E-state index in [1.54, 1.807) is 6.20 Å². The van der Waals surface area contributed by atoms with Crippen molar-refractivity contribution in [2.45, 2.75) is 26.1 Å². The normalized spacial score (nSPS) is 17.3. The fourth-order valence-electron chi connectivity index (χ4n) is 2.96. The Hall–Kier alpha value is -2.96. The number of nitrogens with one attached hydrogen (secondary N) is 1. The van der Waals surface area contributed by atoms with Gasteiger partial charge >= 0.3 is 0 Å². The minimum atomic E-state index is -0.337. The highest BCUT2D eigenvalue weighted by Crippen LogP contribution is 2.28. The molecule has 0 saturated carbocycles. The molecule has 1 aromatic carbocycles. The van der Waals surface area contributed by atoms with E-state index < -0.39 is 0 Å². The Kier molecular flexibility index (Phi) is 3.18. The van der Waals surface area contributed by atoms with Gasteiger partial charge in [-0.15, -0.1) is 10.2 Å². The highest BCUT2D eigenvalue weighted by atomic mass is 16.2. The van der Waals surface area contributed by atoms with Crippen LogP contribution < -0.4 is 0 Å². The number of carbonyl (C=O) groups excluding carboxylic acids is 1. The van der Waals surface area contributed by atoms with Crippen LogP contribution in [-0.4, -0.2) is 35.8 Å². The molecule has 7 nitrogen and oxygen atoms in total. The highest BCUT2D eigenvalue weighted by molar-refractivity contribution is 5.81. The standard InChI is InChI=1S/C16H16N6O/c1-11-16(23)21(9-12-5-3-2-4-6-12)10-14-19-20-15(22(11)14)13-7-8-17-18-13/h2-8,11H,9-10H2,1H3,(H,17,18)/t11-/m1/s1. The zero-order valence-electron chi connectivity index (χ0n) is 12.7. The first kappa shape index (κ1) is 13.7. The van der Waals surface area contributed by atoms with E-state index >= 15 is 0 Å². The van der Waals surface area contributed by atoms with Gasteiger partial charge in [-0.3, -0.25) is 14.5 Å². The summed E-state index contributed by atoms with van der Waals surface area (Å²) in [7, 11) is 0. The Morgan fingerprint density at radius 2 is 2.04 bits per heavy atom. The molecule has 7 heteroatoms. The number of aromatic nitrogens is 5. The molecule has 0 unspecified atom stereocenters. The third-order valence-electron chi connectivity index (χ3n) is 4.11. The van der Waals surface area contributed by atoms with Crippen molar-refractivity contribution in [2.24, 2.45) is 0 Å². The number of aromatic amines is 1. The molecule has 23 heavy (non-hydrogen) atoms. The Morgan fingerprint density at radius 1 is 1.22 bits per heavy atom. The molecule has 3 aromatic rings. The molecule has 0 aliphatic carbocycles. The van der Waals surface area contributed by atoms with E-state index in [1.807, 2.05) is 52.8 Å². The minimum absolute atomic E-state index is 0.0712. The van der Waals surface area contributed by atoms with Crippen molar-refractivity contribution in [3.05, 3.63) is 54.0 Å². The second kappa shape index (κ2) is 5.35. The molecule has 3 heterocycles. The highest BCUT2D eigenvalue weighted by Gasteiger charge is 2.33. The van der Waals surface area contributed by atoms with Gasteiger partial charge in [0, 0.05) is 12.7 Å². The molecule has 0 radical (unpaired) electrons. The summed E-state index contributed by atoms with van der Waals surface area (Å²) in [5.41, 5.74) is 1.87. The molecular weight excluding hydrogens is 292 g/mol. The Labute approximate surface area is 133 Å². The van der Waals surface area contributed by atoms with Crippen LogP contribution in [0.25, 0.3) is 11.5 Å². The van der Waals surface area contributed by atoms with Gasteiger partial charge in [0.1, 0.15) is 11.7 Å². The first-order valence-corrected chi connectivity index (χ1v) is 7.50. The Bertz CT molecular complexity index is 824. The molecule has 1 amide bonds. The predicted molar refractivity (Wildman–Crippen MR) is 83.0 cm³/mol. The van der Waals surface area contributed by atoms with Crippen molar-refractivity contribution in [3.63, 3.8) is 0 Å². The Morgan fingerprint density at radius 3 is 2.78 bits per heavy atom. The van der Waals surface area contributed by atoms with E-state index in [2.05, 4.69) is 20.4 Å². The Balaban J connectivity index is 1.66. The van der Waals surface area contributed by atoms with Gasteiger partial charge in [-0.25, -0.2) is 0 Å². The quantitative estimate of drug-likeness (QED) is 0.799. The molecule has 0 saturated heterocycles. The molecule has 2 aromatic heterocycles.